The van der Waals surface area contributed by atoms with Gasteiger partial charge in [-0.3, -0.25) is 4.79 Å². The van der Waals surface area contributed by atoms with E-state index < -0.39 is 0 Å². The highest BCUT2D eigenvalue weighted by atomic mass is 19.1. The number of esters is 1. The van der Waals surface area contributed by atoms with E-state index in [0.717, 1.165) is 18.4 Å². The molecule has 6 heteroatoms. The zero-order valence-corrected chi connectivity index (χ0v) is 13.3. The molecule has 1 aromatic carbocycles. The number of halogens is 1. The maximum absolute atomic E-state index is 13.2. The number of piperidine rings is 1. The number of benzene rings is 1. The van der Waals surface area contributed by atoms with E-state index in [9.17, 15) is 9.18 Å². The van der Waals surface area contributed by atoms with Gasteiger partial charge < -0.3 is 19.5 Å². The fourth-order valence-corrected chi connectivity index (χ4v) is 3.90. The van der Waals surface area contributed by atoms with E-state index in [4.69, 9.17) is 14.2 Å². The molecule has 0 aromatic heterocycles. The van der Waals surface area contributed by atoms with E-state index >= 15 is 0 Å². The fraction of sp³-hybridized carbons (Fsp3) is 0.588. The zero-order valence-electron chi connectivity index (χ0n) is 13.3. The van der Waals surface area contributed by atoms with Gasteiger partial charge in [-0.15, -0.1) is 0 Å². The number of rotatable bonds is 5. The molecule has 0 spiro atoms. The molecule has 2 heterocycles. The molecule has 126 valence electrons. The molecule has 0 aliphatic carbocycles. The average molecular weight is 323 g/mol. The van der Waals surface area contributed by atoms with Crippen LogP contribution in [0, 0.1) is 11.7 Å². The Morgan fingerprint density at radius 3 is 2.65 bits per heavy atom. The first-order valence-corrected chi connectivity index (χ1v) is 7.84. The Labute approximate surface area is 135 Å². The number of ether oxygens (including phenoxy) is 3. The molecule has 2 fully saturated rings. The largest absolute Gasteiger partial charge is 0.469 e. The second-order valence-corrected chi connectivity index (χ2v) is 6.18. The summed E-state index contributed by atoms with van der Waals surface area (Å²) in [5, 5.41) is 3.47. The van der Waals surface area contributed by atoms with Crippen molar-refractivity contribution in [3.8, 4) is 0 Å². The van der Waals surface area contributed by atoms with Gasteiger partial charge in [-0.2, -0.15) is 0 Å². The second kappa shape index (κ2) is 6.95. The Balaban J connectivity index is 1.87. The highest BCUT2D eigenvalue weighted by molar-refractivity contribution is 5.75. The van der Waals surface area contributed by atoms with E-state index in [2.05, 4.69) is 5.32 Å². The zero-order chi connectivity index (χ0) is 16.4. The lowest BCUT2D eigenvalue weighted by Crippen LogP contribution is -2.51. The molecule has 23 heavy (non-hydrogen) atoms. The Morgan fingerprint density at radius 1 is 1.26 bits per heavy atom. The Morgan fingerprint density at radius 2 is 2.00 bits per heavy atom. The highest BCUT2D eigenvalue weighted by Gasteiger charge is 2.51. The van der Waals surface area contributed by atoms with Crippen LogP contribution in [-0.4, -0.2) is 45.2 Å². The summed E-state index contributed by atoms with van der Waals surface area (Å²) in [6.07, 6.45) is 1.54. The van der Waals surface area contributed by atoms with Crippen molar-refractivity contribution in [2.75, 3.05) is 21.0 Å². The Kier molecular flexibility index (Phi) is 4.94. The first kappa shape index (κ1) is 16.4. The third-order valence-corrected chi connectivity index (χ3v) is 4.88. The van der Waals surface area contributed by atoms with Gasteiger partial charge in [-0.25, -0.2) is 4.39 Å². The maximum Gasteiger partial charge on any atom is 0.310 e. The molecule has 1 N–H and O–H groups in total. The van der Waals surface area contributed by atoms with Gasteiger partial charge in [0.05, 0.1) is 19.1 Å². The monoisotopic (exact) mass is 323 g/mol. The first-order chi connectivity index (χ1) is 11.1. The average Bonchev–Trinajstić information content (AvgIpc) is 2.89. The van der Waals surface area contributed by atoms with Gasteiger partial charge in [0.25, 0.3) is 0 Å². The van der Waals surface area contributed by atoms with Crippen molar-refractivity contribution >= 4 is 5.97 Å². The summed E-state index contributed by atoms with van der Waals surface area (Å²) in [6, 6.07) is 6.54. The molecule has 5 atom stereocenters. The van der Waals surface area contributed by atoms with Crippen molar-refractivity contribution in [2.24, 2.45) is 5.92 Å². The Bertz CT molecular complexity index is 550. The van der Waals surface area contributed by atoms with Crippen molar-refractivity contribution in [1.82, 2.24) is 5.32 Å². The Hall–Kier alpha value is -1.50. The number of carbonyl (C=O) groups excluding carboxylic acids is 1. The summed E-state index contributed by atoms with van der Waals surface area (Å²) >= 11 is 0. The molecule has 1 aromatic rings. The van der Waals surface area contributed by atoms with Gasteiger partial charge in [0.15, 0.2) is 0 Å². The van der Waals surface area contributed by atoms with E-state index in [0.29, 0.717) is 0 Å². The SMILES string of the molecule is COCOC1CC2CC(c3ccc(F)cc3)C(C(=O)OC)C1N2. The lowest BCUT2D eigenvalue weighted by Gasteiger charge is -2.37. The number of hydrogen-bond donors (Lipinski definition) is 1. The molecule has 3 rings (SSSR count). The minimum atomic E-state index is -0.355. The molecule has 0 amide bonds. The minimum Gasteiger partial charge on any atom is -0.469 e. The van der Waals surface area contributed by atoms with Crippen molar-refractivity contribution in [3.63, 3.8) is 0 Å². The summed E-state index contributed by atoms with van der Waals surface area (Å²) in [4.78, 5) is 12.4. The normalized spacial score (nSPS) is 32.7. The van der Waals surface area contributed by atoms with Crippen LogP contribution < -0.4 is 5.32 Å². The summed E-state index contributed by atoms with van der Waals surface area (Å²) in [5.41, 5.74) is 0.964. The van der Waals surface area contributed by atoms with Crippen LogP contribution in [0.4, 0.5) is 4.39 Å². The summed E-state index contributed by atoms with van der Waals surface area (Å²) in [5.74, 6) is -0.897. The number of fused-ring (bicyclic) bond motifs is 2. The van der Waals surface area contributed by atoms with Crippen LogP contribution in [0.1, 0.15) is 24.3 Å². The molecule has 0 radical (unpaired) electrons. The van der Waals surface area contributed by atoms with Crippen LogP contribution in [-0.2, 0) is 19.0 Å². The van der Waals surface area contributed by atoms with Crippen molar-refractivity contribution in [2.45, 2.75) is 36.9 Å². The standard InChI is InChI=1S/C17H22FNO4/c1-21-9-23-14-8-12-7-13(10-3-5-11(18)6-4-10)15(16(14)19-12)17(20)22-2/h3-6,12-16,19H,7-9H2,1-2H3. The van der Waals surface area contributed by atoms with Crippen LogP contribution in [0.3, 0.4) is 0 Å². The molecule has 5 nitrogen and oxygen atoms in total. The van der Waals surface area contributed by atoms with Crippen molar-refractivity contribution in [3.05, 3.63) is 35.6 Å². The topological polar surface area (TPSA) is 56.8 Å². The van der Waals surface area contributed by atoms with Crippen LogP contribution >= 0.6 is 0 Å². The first-order valence-electron chi connectivity index (χ1n) is 7.84. The van der Waals surface area contributed by atoms with Crippen LogP contribution in [0.25, 0.3) is 0 Å². The fourth-order valence-electron chi connectivity index (χ4n) is 3.90. The van der Waals surface area contributed by atoms with Gasteiger partial charge in [-0.05, 0) is 30.5 Å². The van der Waals surface area contributed by atoms with Gasteiger partial charge in [0.1, 0.15) is 12.6 Å². The van der Waals surface area contributed by atoms with Crippen molar-refractivity contribution in [1.29, 1.82) is 0 Å². The molecule has 5 unspecified atom stereocenters. The molecule has 0 saturated carbocycles. The molecule has 2 aliphatic rings. The highest BCUT2D eigenvalue weighted by Crippen LogP contribution is 2.43. The third kappa shape index (κ3) is 3.24. The number of methoxy groups -OCH3 is 2. The predicted molar refractivity (Wildman–Crippen MR) is 81.3 cm³/mol. The van der Waals surface area contributed by atoms with Crippen LogP contribution in [0.5, 0.6) is 0 Å². The summed E-state index contributed by atoms with van der Waals surface area (Å²) in [7, 11) is 2.98. The number of nitrogens with one attached hydrogen (secondary N) is 1. The van der Waals surface area contributed by atoms with E-state index in [1.165, 1.54) is 19.2 Å². The minimum absolute atomic E-state index is 0.00422. The molecule has 2 bridgehead atoms. The lowest BCUT2D eigenvalue weighted by atomic mass is 9.76. The second-order valence-electron chi connectivity index (χ2n) is 6.18. The predicted octanol–water partition coefficient (Wildman–Crippen LogP) is 1.82. The maximum atomic E-state index is 13.2. The number of carbonyl (C=O) groups is 1. The number of hydrogen-bond acceptors (Lipinski definition) is 5. The van der Waals surface area contributed by atoms with Gasteiger partial charge in [-0.1, -0.05) is 12.1 Å². The third-order valence-electron chi connectivity index (χ3n) is 4.88. The van der Waals surface area contributed by atoms with Gasteiger partial charge in [0.2, 0.25) is 0 Å². The van der Waals surface area contributed by atoms with Crippen molar-refractivity contribution < 1.29 is 23.4 Å². The summed E-state index contributed by atoms with van der Waals surface area (Å²) in [6.45, 7) is 0.199. The molecular weight excluding hydrogens is 301 g/mol. The molecule has 2 aliphatic heterocycles. The van der Waals surface area contributed by atoms with E-state index in [1.807, 2.05) is 0 Å². The summed E-state index contributed by atoms with van der Waals surface area (Å²) < 4.78 is 29.0. The van der Waals surface area contributed by atoms with Gasteiger partial charge in [0, 0.05) is 25.1 Å². The smallest absolute Gasteiger partial charge is 0.310 e. The van der Waals surface area contributed by atoms with E-state index in [-0.39, 0.29) is 48.6 Å². The molecular formula is C17H22FNO4. The quantitative estimate of drug-likeness (QED) is 0.662. The van der Waals surface area contributed by atoms with E-state index in [1.54, 1.807) is 19.2 Å². The van der Waals surface area contributed by atoms with Crippen LogP contribution in [0.15, 0.2) is 24.3 Å². The molecule has 2 saturated heterocycles. The van der Waals surface area contributed by atoms with Crippen LogP contribution in [0.2, 0.25) is 0 Å². The van der Waals surface area contributed by atoms with Gasteiger partial charge >= 0.3 is 5.97 Å². The lowest BCUT2D eigenvalue weighted by molar-refractivity contribution is -0.150.